The Labute approximate surface area is 271 Å². The van der Waals surface area contributed by atoms with Crippen LogP contribution in [0.1, 0.15) is 41.5 Å². The van der Waals surface area contributed by atoms with Crippen molar-refractivity contribution < 1.29 is 14.3 Å². The van der Waals surface area contributed by atoms with Crippen molar-refractivity contribution in [1.82, 2.24) is 9.88 Å². The van der Waals surface area contributed by atoms with Crippen molar-refractivity contribution in [3.8, 4) is 0 Å². The summed E-state index contributed by atoms with van der Waals surface area (Å²) in [4.78, 5) is 37.8. The van der Waals surface area contributed by atoms with Gasteiger partial charge in [0, 0.05) is 43.4 Å². The highest BCUT2D eigenvalue weighted by molar-refractivity contribution is 6.01. The largest absolute Gasteiger partial charge is 0.378 e. The van der Waals surface area contributed by atoms with Crippen LogP contribution in [0.5, 0.6) is 0 Å². The molecule has 1 N–H and O–H groups in total. The summed E-state index contributed by atoms with van der Waals surface area (Å²) in [6.45, 7) is 3.48. The van der Waals surface area contributed by atoms with Crippen LogP contribution in [0.25, 0.3) is 0 Å². The highest BCUT2D eigenvalue weighted by atomic mass is 16.5. The smallest absolute Gasteiger partial charge is 0.250 e. The number of aromatic nitrogens is 1. The minimum absolute atomic E-state index is 0.0393. The molecule has 0 spiro atoms. The van der Waals surface area contributed by atoms with Crippen LogP contribution >= 0.6 is 0 Å². The topological polar surface area (TPSA) is 74.8 Å². The minimum atomic E-state index is -1.00. The number of nitrogens with zero attached hydrogens (tertiary/aromatic N) is 3. The zero-order chi connectivity index (χ0) is 31.3. The Balaban J connectivity index is 1.23. The normalized spacial score (nSPS) is 22.3. The molecule has 0 unspecified atom stereocenters. The second-order valence-corrected chi connectivity index (χ2v) is 13.1. The fraction of sp³-hybridized carbons (Fsp3) is 0.359. The van der Waals surface area contributed by atoms with Gasteiger partial charge >= 0.3 is 0 Å². The zero-order valence-corrected chi connectivity index (χ0v) is 26.3. The number of morpholine rings is 1. The third-order valence-corrected chi connectivity index (χ3v) is 10.3. The molecule has 3 aromatic carbocycles. The molecular formula is C39H42N4O3. The fourth-order valence-corrected chi connectivity index (χ4v) is 7.81. The summed E-state index contributed by atoms with van der Waals surface area (Å²) < 4.78 is 5.52. The first-order chi connectivity index (χ1) is 22.6. The van der Waals surface area contributed by atoms with E-state index in [0.29, 0.717) is 31.2 Å². The lowest BCUT2D eigenvalue weighted by atomic mass is 9.62. The molecule has 0 bridgehead atoms. The van der Waals surface area contributed by atoms with E-state index < -0.39 is 5.54 Å². The number of fused-ring (bicyclic) bond motifs is 2. The maximum Gasteiger partial charge on any atom is 0.250 e. The zero-order valence-electron chi connectivity index (χ0n) is 26.3. The average Bonchev–Trinajstić information content (AvgIpc) is 3.11. The lowest BCUT2D eigenvalue weighted by Gasteiger charge is -2.51. The number of carbonyl (C=O) groups is 2. The second-order valence-electron chi connectivity index (χ2n) is 13.1. The molecule has 4 aromatic rings. The molecule has 7 rings (SSSR count). The van der Waals surface area contributed by atoms with Gasteiger partial charge in [0.15, 0.2) is 0 Å². The van der Waals surface area contributed by atoms with Crippen LogP contribution in [0, 0.1) is 11.8 Å². The summed E-state index contributed by atoms with van der Waals surface area (Å²) in [6.07, 6.45) is 7.89. The van der Waals surface area contributed by atoms with Crippen molar-refractivity contribution in [1.29, 1.82) is 0 Å². The van der Waals surface area contributed by atoms with Gasteiger partial charge in [-0.2, -0.15) is 0 Å². The van der Waals surface area contributed by atoms with Crippen LogP contribution < -0.4 is 10.2 Å². The van der Waals surface area contributed by atoms with Gasteiger partial charge in [0.05, 0.1) is 19.6 Å². The van der Waals surface area contributed by atoms with E-state index in [1.54, 1.807) is 12.4 Å². The number of rotatable bonds is 8. The number of amides is 2. The second kappa shape index (κ2) is 13.5. The molecular weight excluding hydrogens is 572 g/mol. The van der Waals surface area contributed by atoms with Gasteiger partial charge < -0.3 is 19.9 Å². The van der Waals surface area contributed by atoms with Crippen LogP contribution in [0.2, 0.25) is 0 Å². The van der Waals surface area contributed by atoms with Crippen molar-refractivity contribution in [3.05, 3.63) is 126 Å². The maximum atomic E-state index is 14.8. The molecule has 3 aliphatic rings. The van der Waals surface area contributed by atoms with Crippen LogP contribution in [-0.2, 0) is 40.1 Å². The predicted octanol–water partition coefficient (Wildman–Crippen LogP) is 6.08. The predicted molar refractivity (Wildman–Crippen MR) is 180 cm³/mol. The van der Waals surface area contributed by atoms with Gasteiger partial charge in [-0.1, -0.05) is 60.7 Å². The molecule has 1 saturated carbocycles. The maximum absolute atomic E-state index is 14.8. The van der Waals surface area contributed by atoms with Gasteiger partial charge in [0.2, 0.25) is 11.8 Å². The Bertz CT molecular complexity index is 1640. The SMILES string of the molecule is O=C(Cc1ccccc1)N(Cc1cccnc1)[C@]1(C(=O)Nc2ccc(N3CCOCC3)cc2)CC[C@@H]2Cc3ccccc3C[C@@H]2C1. The van der Waals surface area contributed by atoms with Crippen molar-refractivity contribution in [3.63, 3.8) is 0 Å². The van der Waals surface area contributed by atoms with Gasteiger partial charge in [-0.25, -0.2) is 0 Å². The van der Waals surface area contributed by atoms with E-state index in [0.717, 1.165) is 68.1 Å². The molecule has 1 saturated heterocycles. The molecule has 7 nitrogen and oxygen atoms in total. The van der Waals surface area contributed by atoms with Gasteiger partial charge in [-0.15, -0.1) is 0 Å². The molecule has 2 amide bonds. The first kappa shape index (κ1) is 30.2. The molecule has 1 aromatic heterocycles. The van der Waals surface area contributed by atoms with E-state index in [1.807, 2.05) is 59.5 Å². The van der Waals surface area contributed by atoms with Crippen molar-refractivity contribution in [2.75, 3.05) is 36.5 Å². The Morgan fingerprint density at radius 2 is 1.54 bits per heavy atom. The number of ether oxygens (including phenoxy) is 1. The standard InChI is InChI=1S/C39H42N4O3/c44-37(23-29-7-2-1-3-8-29)43(28-30-9-6-18-40-27-30)39(17-16-33-24-31-10-4-5-11-32(31)25-34(33)26-39)38(45)41-35-12-14-36(15-13-35)42-19-21-46-22-20-42/h1-15,18,27,33-34H,16-17,19-26,28H2,(H,41,45)/t33-,34-,39-/m1/s1. The lowest BCUT2D eigenvalue weighted by molar-refractivity contribution is -0.150. The van der Waals surface area contributed by atoms with E-state index in [2.05, 4.69) is 51.6 Å². The minimum Gasteiger partial charge on any atom is -0.378 e. The number of hydrogen-bond acceptors (Lipinski definition) is 5. The highest BCUT2D eigenvalue weighted by Crippen LogP contribution is 2.47. The van der Waals surface area contributed by atoms with E-state index in [1.165, 1.54) is 11.1 Å². The van der Waals surface area contributed by atoms with Crippen LogP contribution in [0.15, 0.2) is 103 Å². The number of nitrogens with one attached hydrogen (secondary N) is 1. The summed E-state index contributed by atoms with van der Waals surface area (Å²) in [5.74, 6) is 0.656. The van der Waals surface area contributed by atoms with Crippen LogP contribution in [0.3, 0.4) is 0 Å². The summed E-state index contributed by atoms with van der Waals surface area (Å²) in [5, 5.41) is 3.29. The van der Waals surface area contributed by atoms with Gasteiger partial charge in [0.25, 0.3) is 0 Å². The highest BCUT2D eigenvalue weighted by Gasteiger charge is 2.52. The number of carbonyl (C=O) groups excluding carboxylic acids is 2. The Hall–Kier alpha value is -4.49. The number of pyridine rings is 1. The molecule has 7 heteroatoms. The van der Waals surface area contributed by atoms with Crippen molar-refractivity contribution in [2.45, 2.75) is 50.6 Å². The van der Waals surface area contributed by atoms with Crippen molar-refractivity contribution in [2.24, 2.45) is 11.8 Å². The first-order valence-corrected chi connectivity index (χ1v) is 16.6. The molecule has 1 aliphatic heterocycles. The third kappa shape index (κ3) is 6.42. The van der Waals surface area contributed by atoms with E-state index in [4.69, 9.17) is 4.74 Å². The molecule has 2 fully saturated rings. The molecule has 46 heavy (non-hydrogen) atoms. The molecule has 236 valence electrons. The van der Waals surface area contributed by atoms with E-state index in [9.17, 15) is 9.59 Å². The number of benzene rings is 3. The number of hydrogen-bond donors (Lipinski definition) is 1. The van der Waals surface area contributed by atoms with Gasteiger partial charge in [0.1, 0.15) is 5.54 Å². The average molecular weight is 615 g/mol. The third-order valence-electron chi connectivity index (χ3n) is 10.3. The molecule has 3 atom stereocenters. The summed E-state index contributed by atoms with van der Waals surface area (Å²) >= 11 is 0. The summed E-state index contributed by atoms with van der Waals surface area (Å²) in [5.41, 5.74) is 5.52. The Kier molecular flexibility index (Phi) is 8.84. The Morgan fingerprint density at radius 3 is 2.26 bits per heavy atom. The van der Waals surface area contributed by atoms with E-state index in [-0.39, 0.29) is 18.2 Å². The lowest BCUT2D eigenvalue weighted by Crippen LogP contribution is -2.62. The Morgan fingerprint density at radius 1 is 0.848 bits per heavy atom. The fourth-order valence-electron chi connectivity index (χ4n) is 7.81. The quantitative estimate of drug-likeness (QED) is 0.260. The summed E-state index contributed by atoms with van der Waals surface area (Å²) in [7, 11) is 0. The van der Waals surface area contributed by atoms with Gasteiger partial charge in [-0.05, 0) is 96.5 Å². The number of anilines is 2. The van der Waals surface area contributed by atoms with Crippen LogP contribution in [-0.4, -0.2) is 53.5 Å². The first-order valence-electron chi connectivity index (χ1n) is 16.6. The summed E-state index contributed by atoms with van der Waals surface area (Å²) in [6, 6.07) is 30.6. The van der Waals surface area contributed by atoms with Gasteiger partial charge in [-0.3, -0.25) is 14.6 Å². The molecule has 0 radical (unpaired) electrons. The van der Waals surface area contributed by atoms with E-state index >= 15 is 0 Å². The monoisotopic (exact) mass is 614 g/mol. The van der Waals surface area contributed by atoms with Crippen LogP contribution in [0.4, 0.5) is 11.4 Å². The molecule has 2 heterocycles. The van der Waals surface area contributed by atoms with Crippen molar-refractivity contribution >= 4 is 23.2 Å². The molecule has 2 aliphatic carbocycles.